The fourth-order valence-electron chi connectivity index (χ4n) is 1.85. The maximum Gasteiger partial charge on any atom is 0.319 e. The zero-order valence-electron chi connectivity index (χ0n) is 11.8. The number of rotatable bonds is 5. The van der Waals surface area contributed by atoms with E-state index in [1.54, 1.807) is 18.4 Å². The van der Waals surface area contributed by atoms with E-state index in [9.17, 15) is 18.7 Å². The first kappa shape index (κ1) is 16.4. The number of alkyl halides is 2. The molecule has 1 aromatic heterocycles. The van der Waals surface area contributed by atoms with Gasteiger partial charge in [0.05, 0.1) is 6.54 Å². The molecule has 0 aliphatic carbocycles. The van der Waals surface area contributed by atoms with Crippen LogP contribution in [0.15, 0.2) is 41.1 Å². The summed E-state index contributed by atoms with van der Waals surface area (Å²) in [4.78, 5) is 11.8. The second-order valence-corrected chi connectivity index (χ2v) is 5.80. The molecule has 1 unspecified atom stereocenters. The largest absolute Gasteiger partial charge is 0.384 e. The van der Waals surface area contributed by atoms with E-state index in [1.807, 2.05) is 5.38 Å². The van der Waals surface area contributed by atoms with Crippen molar-refractivity contribution in [2.45, 2.75) is 19.0 Å². The lowest BCUT2D eigenvalue weighted by molar-refractivity contribution is 0.0604. The van der Waals surface area contributed by atoms with Crippen LogP contribution in [0.1, 0.15) is 24.5 Å². The third-order valence-corrected chi connectivity index (χ3v) is 3.82. The average molecular weight is 326 g/mol. The summed E-state index contributed by atoms with van der Waals surface area (Å²) < 4.78 is 25.2. The van der Waals surface area contributed by atoms with Crippen molar-refractivity contribution in [3.63, 3.8) is 0 Å². The summed E-state index contributed by atoms with van der Waals surface area (Å²) in [6, 6.07) is 6.66. The molecule has 1 atom stereocenters. The van der Waals surface area contributed by atoms with E-state index >= 15 is 0 Å². The lowest BCUT2D eigenvalue weighted by atomic mass is 9.99. The van der Waals surface area contributed by atoms with E-state index in [4.69, 9.17) is 0 Å². The van der Waals surface area contributed by atoms with Crippen LogP contribution in [-0.4, -0.2) is 17.7 Å². The van der Waals surface area contributed by atoms with Gasteiger partial charge in [-0.05, 0) is 41.4 Å². The number of thiophene rings is 1. The summed E-state index contributed by atoms with van der Waals surface area (Å²) in [7, 11) is 0. The first-order valence-electron chi connectivity index (χ1n) is 6.56. The minimum absolute atomic E-state index is 0.00407. The minimum Gasteiger partial charge on any atom is -0.384 e. The fourth-order valence-corrected chi connectivity index (χ4v) is 2.64. The van der Waals surface area contributed by atoms with Crippen LogP contribution in [0.4, 0.5) is 19.3 Å². The van der Waals surface area contributed by atoms with E-state index in [1.165, 1.54) is 35.6 Å². The zero-order valence-corrected chi connectivity index (χ0v) is 12.7. The molecule has 1 heterocycles. The first-order valence-corrected chi connectivity index (χ1v) is 7.51. The molecule has 118 valence electrons. The third-order valence-electron chi connectivity index (χ3n) is 3.13. The molecule has 7 heteroatoms. The van der Waals surface area contributed by atoms with Crippen LogP contribution in [-0.2, 0) is 5.60 Å². The van der Waals surface area contributed by atoms with Crippen molar-refractivity contribution in [1.82, 2.24) is 5.32 Å². The third kappa shape index (κ3) is 4.25. The van der Waals surface area contributed by atoms with Gasteiger partial charge in [0.25, 0.3) is 6.43 Å². The van der Waals surface area contributed by atoms with Crippen molar-refractivity contribution in [2.24, 2.45) is 0 Å². The normalized spacial score (nSPS) is 13.7. The molecule has 2 rings (SSSR count). The Hall–Kier alpha value is -1.99. The van der Waals surface area contributed by atoms with Gasteiger partial charge >= 0.3 is 6.03 Å². The molecule has 0 saturated heterocycles. The molecule has 3 N–H and O–H groups in total. The van der Waals surface area contributed by atoms with Gasteiger partial charge in [-0.3, -0.25) is 0 Å². The summed E-state index contributed by atoms with van der Waals surface area (Å²) >= 11 is 1.45. The molecule has 2 aromatic rings. The highest BCUT2D eigenvalue weighted by Gasteiger charge is 2.24. The fraction of sp³-hybridized carbons (Fsp3) is 0.267. The van der Waals surface area contributed by atoms with Crippen LogP contribution in [0.5, 0.6) is 0 Å². The SMILES string of the molecule is CC(O)(CNC(=O)Nc1cccc(C(F)F)c1)c1ccsc1. The number of hydrogen-bond donors (Lipinski definition) is 3. The molecule has 0 fully saturated rings. The van der Waals surface area contributed by atoms with Crippen LogP contribution in [0.25, 0.3) is 0 Å². The molecule has 0 spiro atoms. The van der Waals surface area contributed by atoms with E-state index in [0.29, 0.717) is 5.56 Å². The highest BCUT2D eigenvalue weighted by molar-refractivity contribution is 7.08. The number of halogens is 2. The van der Waals surface area contributed by atoms with Gasteiger partial charge in [-0.15, -0.1) is 0 Å². The number of nitrogens with one attached hydrogen (secondary N) is 2. The number of aliphatic hydroxyl groups is 1. The number of anilines is 1. The van der Waals surface area contributed by atoms with Gasteiger partial charge in [0.15, 0.2) is 0 Å². The van der Waals surface area contributed by atoms with Crippen LogP contribution in [0.3, 0.4) is 0 Å². The Labute approximate surface area is 130 Å². The van der Waals surface area contributed by atoms with E-state index in [-0.39, 0.29) is 17.8 Å². The van der Waals surface area contributed by atoms with Crippen LogP contribution < -0.4 is 10.6 Å². The Morgan fingerprint density at radius 3 is 2.82 bits per heavy atom. The molecule has 0 aliphatic rings. The maximum absolute atomic E-state index is 12.6. The predicted molar refractivity (Wildman–Crippen MR) is 82.3 cm³/mol. The highest BCUT2D eigenvalue weighted by Crippen LogP contribution is 2.23. The first-order chi connectivity index (χ1) is 10.4. The van der Waals surface area contributed by atoms with Gasteiger partial charge in [-0.1, -0.05) is 12.1 Å². The maximum atomic E-state index is 12.6. The summed E-state index contributed by atoms with van der Waals surface area (Å²) in [6.07, 6.45) is -2.59. The number of amides is 2. The molecule has 0 radical (unpaired) electrons. The molecule has 2 amide bonds. The van der Waals surface area contributed by atoms with Crippen molar-refractivity contribution in [3.05, 3.63) is 52.2 Å². The van der Waals surface area contributed by atoms with Gasteiger partial charge in [-0.25, -0.2) is 13.6 Å². The monoisotopic (exact) mass is 326 g/mol. The Balaban J connectivity index is 1.92. The number of carbonyl (C=O) groups excluding carboxylic acids is 1. The lowest BCUT2D eigenvalue weighted by Gasteiger charge is -2.22. The molecule has 0 saturated carbocycles. The number of carbonyl (C=O) groups is 1. The van der Waals surface area contributed by atoms with Gasteiger partial charge in [0.1, 0.15) is 5.60 Å². The van der Waals surface area contributed by atoms with Crippen LogP contribution in [0.2, 0.25) is 0 Å². The quantitative estimate of drug-likeness (QED) is 0.784. The molecule has 22 heavy (non-hydrogen) atoms. The second kappa shape index (κ2) is 6.85. The standard InChI is InChI=1S/C15H16F2N2O2S/c1-15(21,11-5-6-22-8-11)9-18-14(20)19-12-4-2-3-10(7-12)13(16)17/h2-8,13,21H,9H2,1H3,(H2,18,19,20). The van der Waals surface area contributed by atoms with Crippen molar-refractivity contribution < 1.29 is 18.7 Å². The Morgan fingerprint density at radius 2 is 2.18 bits per heavy atom. The van der Waals surface area contributed by atoms with Crippen molar-refractivity contribution in [3.8, 4) is 0 Å². The number of urea groups is 1. The molecule has 0 bridgehead atoms. The summed E-state index contributed by atoms with van der Waals surface area (Å²) in [6.45, 7) is 1.59. The number of hydrogen-bond acceptors (Lipinski definition) is 3. The minimum atomic E-state index is -2.59. The van der Waals surface area contributed by atoms with Gasteiger partial charge in [0.2, 0.25) is 0 Å². The van der Waals surface area contributed by atoms with Gasteiger partial charge < -0.3 is 15.7 Å². The summed E-state index contributed by atoms with van der Waals surface area (Å²) in [5.41, 5.74) is -0.381. The molecule has 4 nitrogen and oxygen atoms in total. The highest BCUT2D eigenvalue weighted by atomic mass is 32.1. The molecule has 1 aromatic carbocycles. The molecule has 0 aliphatic heterocycles. The van der Waals surface area contributed by atoms with Crippen LogP contribution >= 0.6 is 11.3 Å². The molecular formula is C15H16F2N2O2S. The van der Waals surface area contributed by atoms with E-state index in [0.717, 1.165) is 0 Å². The molecular weight excluding hydrogens is 310 g/mol. The second-order valence-electron chi connectivity index (χ2n) is 5.02. The van der Waals surface area contributed by atoms with Crippen molar-refractivity contribution >= 4 is 23.1 Å². The van der Waals surface area contributed by atoms with E-state index < -0.39 is 18.1 Å². The van der Waals surface area contributed by atoms with Gasteiger partial charge in [-0.2, -0.15) is 11.3 Å². The zero-order chi connectivity index (χ0) is 16.2. The lowest BCUT2D eigenvalue weighted by Crippen LogP contribution is -2.40. The Morgan fingerprint density at radius 1 is 1.41 bits per heavy atom. The Bertz CT molecular complexity index is 630. The topological polar surface area (TPSA) is 61.4 Å². The average Bonchev–Trinajstić information content (AvgIpc) is 3.00. The predicted octanol–water partition coefficient (Wildman–Crippen LogP) is 3.71. The van der Waals surface area contributed by atoms with Crippen molar-refractivity contribution in [2.75, 3.05) is 11.9 Å². The number of benzene rings is 1. The Kier molecular flexibility index (Phi) is 5.10. The summed E-state index contributed by atoms with van der Waals surface area (Å²) in [5, 5.41) is 18.9. The van der Waals surface area contributed by atoms with Gasteiger partial charge in [0, 0.05) is 11.3 Å². The summed E-state index contributed by atoms with van der Waals surface area (Å²) in [5.74, 6) is 0. The van der Waals surface area contributed by atoms with E-state index in [2.05, 4.69) is 10.6 Å². The smallest absolute Gasteiger partial charge is 0.319 e. The van der Waals surface area contributed by atoms with Crippen LogP contribution in [0, 0.1) is 0 Å². The van der Waals surface area contributed by atoms with Crippen molar-refractivity contribution in [1.29, 1.82) is 0 Å².